The molecule has 3 N–H and O–H groups in total. The number of amides is 1. The van der Waals surface area contributed by atoms with Crippen LogP contribution in [0.25, 0.3) is 0 Å². The molecule has 2 heterocycles. The highest BCUT2D eigenvalue weighted by atomic mass is 32.2. The largest absolute Gasteiger partial charge is 0.508 e. The van der Waals surface area contributed by atoms with Crippen molar-refractivity contribution in [1.29, 1.82) is 0 Å². The van der Waals surface area contributed by atoms with Crippen LogP contribution >= 0.6 is 11.3 Å². The van der Waals surface area contributed by atoms with Gasteiger partial charge >= 0.3 is 0 Å². The number of thiazole rings is 1. The Bertz CT molecular complexity index is 1100. The van der Waals surface area contributed by atoms with Gasteiger partial charge in [0.25, 0.3) is 15.9 Å². The van der Waals surface area contributed by atoms with Crippen molar-refractivity contribution in [2.75, 3.05) is 10.0 Å². The van der Waals surface area contributed by atoms with E-state index < -0.39 is 15.9 Å². The van der Waals surface area contributed by atoms with Gasteiger partial charge in [-0.2, -0.15) is 0 Å². The first-order chi connectivity index (χ1) is 12.8. The zero-order chi connectivity index (χ0) is 19.6. The molecule has 27 heavy (non-hydrogen) atoms. The van der Waals surface area contributed by atoms with E-state index in [2.05, 4.69) is 20.0 Å². The third-order valence-electron chi connectivity index (χ3n) is 3.78. The van der Waals surface area contributed by atoms with Crippen LogP contribution in [0, 0.1) is 13.8 Å². The van der Waals surface area contributed by atoms with Crippen LogP contribution in [0.1, 0.15) is 20.8 Å². The van der Waals surface area contributed by atoms with Crippen LogP contribution in [-0.2, 0) is 10.0 Å². The number of anilines is 2. The molecular weight excluding hydrogens is 388 g/mol. The SMILES string of the molecule is Cc1ccc(O)c(C)c1NC(=O)c1cnc(NS(=O)(=O)c2cccnc2)s1. The van der Waals surface area contributed by atoms with Crippen LogP contribution in [0.15, 0.2) is 47.8 Å². The molecule has 0 aliphatic heterocycles. The molecule has 8 nitrogen and oxygen atoms in total. The van der Waals surface area contributed by atoms with Crippen molar-refractivity contribution in [2.24, 2.45) is 0 Å². The van der Waals surface area contributed by atoms with E-state index in [1.54, 1.807) is 19.1 Å². The van der Waals surface area contributed by atoms with Gasteiger partial charge in [-0.05, 0) is 37.6 Å². The number of nitrogens with one attached hydrogen (secondary N) is 2. The Morgan fingerprint density at radius 2 is 1.96 bits per heavy atom. The second kappa shape index (κ2) is 7.33. The monoisotopic (exact) mass is 404 g/mol. The predicted molar refractivity (Wildman–Crippen MR) is 103 cm³/mol. The molecule has 0 unspecified atom stereocenters. The molecule has 0 aliphatic carbocycles. The van der Waals surface area contributed by atoms with Crippen molar-refractivity contribution in [3.63, 3.8) is 0 Å². The van der Waals surface area contributed by atoms with Gasteiger partial charge in [-0.25, -0.2) is 13.4 Å². The van der Waals surface area contributed by atoms with Crippen LogP contribution in [0.2, 0.25) is 0 Å². The summed E-state index contributed by atoms with van der Waals surface area (Å²) in [6.07, 6.45) is 3.97. The molecule has 3 rings (SSSR count). The van der Waals surface area contributed by atoms with Crippen molar-refractivity contribution in [1.82, 2.24) is 9.97 Å². The second-order valence-corrected chi connectivity index (χ2v) is 8.39. The van der Waals surface area contributed by atoms with Crippen molar-refractivity contribution in [3.8, 4) is 5.75 Å². The maximum absolute atomic E-state index is 12.5. The highest BCUT2D eigenvalue weighted by Gasteiger charge is 2.19. The minimum Gasteiger partial charge on any atom is -0.508 e. The number of carbonyl (C=O) groups excluding carboxylic acids is 1. The second-order valence-electron chi connectivity index (χ2n) is 5.68. The molecule has 0 saturated carbocycles. The van der Waals surface area contributed by atoms with Crippen LogP contribution in [0.5, 0.6) is 5.75 Å². The number of hydrogen-bond acceptors (Lipinski definition) is 7. The van der Waals surface area contributed by atoms with E-state index >= 15 is 0 Å². The predicted octanol–water partition coefficient (Wildman–Crippen LogP) is 2.91. The lowest BCUT2D eigenvalue weighted by Gasteiger charge is -2.11. The van der Waals surface area contributed by atoms with Crippen LogP contribution in [0.4, 0.5) is 10.8 Å². The highest BCUT2D eigenvalue weighted by molar-refractivity contribution is 7.93. The Hall–Kier alpha value is -2.98. The van der Waals surface area contributed by atoms with E-state index in [0.29, 0.717) is 11.3 Å². The first-order valence-corrected chi connectivity index (χ1v) is 10.1. The summed E-state index contributed by atoms with van der Waals surface area (Å²) < 4.78 is 26.9. The van der Waals surface area contributed by atoms with Crippen LogP contribution in [0.3, 0.4) is 0 Å². The molecule has 0 radical (unpaired) electrons. The Morgan fingerprint density at radius 1 is 1.19 bits per heavy atom. The molecule has 0 spiro atoms. The number of phenols is 1. The third-order valence-corrected chi connectivity index (χ3v) is 6.14. The molecule has 0 saturated heterocycles. The minimum atomic E-state index is -3.83. The summed E-state index contributed by atoms with van der Waals surface area (Å²) in [5.41, 5.74) is 1.84. The van der Waals surface area contributed by atoms with Crippen molar-refractivity contribution in [2.45, 2.75) is 18.7 Å². The lowest BCUT2D eigenvalue weighted by molar-refractivity contribution is 0.103. The van der Waals surface area contributed by atoms with E-state index in [1.165, 1.54) is 30.7 Å². The van der Waals surface area contributed by atoms with Gasteiger partial charge in [0.05, 0.1) is 11.9 Å². The van der Waals surface area contributed by atoms with Gasteiger partial charge in [-0.3, -0.25) is 14.5 Å². The number of phenolic OH excluding ortho intramolecular Hbond substituents is 1. The Kier molecular flexibility index (Phi) is 5.10. The number of aromatic hydroxyl groups is 1. The average molecular weight is 404 g/mol. The molecule has 0 fully saturated rings. The fourth-order valence-corrected chi connectivity index (χ4v) is 4.23. The Morgan fingerprint density at radius 3 is 2.67 bits per heavy atom. The standard InChI is InChI=1S/C17H16N4O4S2/c1-10-5-6-13(22)11(2)15(10)20-16(23)14-9-19-17(26-14)21-27(24,25)12-4-3-7-18-8-12/h3-9,22H,1-2H3,(H,19,21)(H,20,23). The van der Waals surface area contributed by atoms with Crippen LogP contribution in [-0.4, -0.2) is 29.4 Å². The fourth-order valence-electron chi connectivity index (χ4n) is 2.31. The van der Waals surface area contributed by atoms with Gasteiger partial charge in [0.1, 0.15) is 15.5 Å². The summed E-state index contributed by atoms with van der Waals surface area (Å²) in [6, 6.07) is 6.16. The van der Waals surface area contributed by atoms with Gasteiger partial charge in [-0.1, -0.05) is 17.4 Å². The summed E-state index contributed by atoms with van der Waals surface area (Å²) in [6.45, 7) is 3.50. The normalized spacial score (nSPS) is 11.2. The smallest absolute Gasteiger partial charge is 0.267 e. The average Bonchev–Trinajstić information content (AvgIpc) is 3.10. The van der Waals surface area contributed by atoms with E-state index in [4.69, 9.17) is 0 Å². The molecule has 0 aliphatic rings. The lowest BCUT2D eigenvalue weighted by Crippen LogP contribution is -2.13. The first-order valence-electron chi connectivity index (χ1n) is 7.77. The van der Waals surface area contributed by atoms with E-state index in [9.17, 15) is 18.3 Å². The minimum absolute atomic E-state index is 0.00258. The first kappa shape index (κ1) is 18.8. The fraction of sp³-hybridized carbons (Fsp3) is 0.118. The summed E-state index contributed by atoms with van der Waals surface area (Å²) in [5.74, 6) is -0.374. The van der Waals surface area contributed by atoms with E-state index in [-0.39, 0.29) is 20.7 Å². The molecule has 1 aromatic carbocycles. The zero-order valence-electron chi connectivity index (χ0n) is 14.4. The van der Waals surface area contributed by atoms with Gasteiger partial charge in [0.2, 0.25) is 0 Å². The summed E-state index contributed by atoms with van der Waals surface area (Å²) in [5, 5.41) is 12.6. The molecule has 0 bridgehead atoms. The Balaban J connectivity index is 1.78. The number of rotatable bonds is 5. The van der Waals surface area contributed by atoms with Crippen LogP contribution < -0.4 is 10.0 Å². The number of benzene rings is 1. The lowest BCUT2D eigenvalue weighted by atomic mass is 10.1. The molecule has 10 heteroatoms. The topological polar surface area (TPSA) is 121 Å². The number of pyridine rings is 1. The molecule has 140 valence electrons. The highest BCUT2D eigenvalue weighted by Crippen LogP contribution is 2.29. The van der Waals surface area contributed by atoms with Gasteiger partial charge in [-0.15, -0.1) is 0 Å². The molecule has 3 aromatic rings. The zero-order valence-corrected chi connectivity index (χ0v) is 16.1. The quantitative estimate of drug-likeness (QED) is 0.601. The maximum atomic E-state index is 12.5. The summed E-state index contributed by atoms with van der Waals surface area (Å²) in [7, 11) is -3.83. The van der Waals surface area contributed by atoms with Gasteiger partial charge in [0, 0.05) is 18.0 Å². The number of sulfonamides is 1. The molecule has 1 amide bonds. The third kappa shape index (κ3) is 4.07. The van der Waals surface area contributed by atoms with Crippen molar-refractivity contribution < 1.29 is 18.3 Å². The Labute approximate surface area is 160 Å². The summed E-state index contributed by atoms with van der Waals surface area (Å²) >= 11 is 0.901. The van der Waals surface area contributed by atoms with Gasteiger partial charge < -0.3 is 10.4 Å². The number of carbonyl (C=O) groups is 1. The molecule has 2 aromatic heterocycles. The number of aryl methyl sites for hydroxylation is 1. The molecule has 0 atom stereocenters. The number of nitrogens with zero attached hydrogens (tertiary/aromatic N) is 2. The number of aromatic nitrogens is 2. The van der Waals surface area contributed by atoms with E-state index in [1.807, 2.05) is 6.92 Å². The summed E-state index contributed by atoms with van der Waals surface area (Å²) in [4.78, 5) is 20.4. The van der Waals surface area contributed by atoms with Crippen molar-refractivity contribution in [3.05, 3.63) is 58.9 Å². The van der Waals surface area contributed by atoms with Gasteiger partial charge in [0.15, 0.2) is 5.13 Å². The van der Waals surface area contributed by atoms with Crippen molar-refractivity contribution >= 4 is 38.1 Å². The van der Waals surface area contributed by atoms with E-state index in [0.717, 1.165) is 16.9 Å². The molecular formula is C17H16N4O4S2. The maximum Gasteiger partial charge on any atom is 0.267 e. The number of hydrogen-bond donors (Lipinski definition) is 3.